The summed E-state index contributed by atoms with van der Waals surface area (Å²) in [7, 11) is 0. The van der Waals surface area contributed by atoms with Crippen molar-refractivity contribution >= 4 is 18.0 Å². The molecule has 1 aromatic carbocycles. The molecule has 3 rings (SSSR count). The number of carbonyl (C=O) groups is 2. The Labute approximate surface area is 122 Å². The Balaban J connectivity index is 1.80. The van der Waals surface area contributed by atoms with E-state index < -0.39 is 0 Å². The van der Waals surface area contributed by atoms with Crippen molar-refractivity contribution in [2.45, 2.75) is 38.1 Å². The quantitative estimate of drug-likeness (QED) is 0.671. The maximum absolute atomic E-state index is 12.9. The highest BCUT2D eigenvalue weighted by molar-refractivity contribution is 6.14. The molecule has 0 radical (unpaired) electrons. The lowest BCUT2D eigenvalue weighted by atomic mass is 9.94. The van der Waals surface area contributed by atoms with Gasteiger partial charge in [-0.05, 0) is 36.6 Å². The normalized spacial score (nSPS) is 22.0. The van der Waals surface area contributed by atoms with Crippen molar-refractivity contribution in [2.75, 3.05) is 0 Å². The Bertz CT molecular complexity index is 589. The Morgan fingerprint density at radius 1 is 1.10 bits per heavy atom. The van der Waals surface area contributed by atoms with Crippen LogP contribution in [-0.4, -0.2) is 22.9 Å². The summed E-state index contributed by atoms with van der Waals surface area (Å²) in [4.78, 5) is 25.8. The molecule has 1 aromatic rings. The van der Waals surface area contributed by atoms with E-state index in [2.05, 4.69) is 5.32 Å². The molecule has 110 valence electrons. The standard InChI is InChI=1S/C16H17FN2O2/c17-12-8-6-11(7-9-12)10-14-15(20)19(16(21)18-14)13-4-2-1-3-5-13/h6-10,13H,1-5H2,(H,18,21)/b14-10-. The van der Waals surface area contributed by atoms with Gasteiger partial charge in [0, 0.05) is 6.04 Å². The molecular formula is C16H17FN2O2. The smallest absolute Gasteiger partial charge is 0.303 e. The maximum atomic E-state index is 12.9. The Hall–Kier alpha value is -2.17. The van der Waals surface area contributed by atoms with Crippen molar-refractivity contribution in [2.24, 2.45) is 0 Å². The van der Waals surface area contributed by atoms with Gasteiger partial charge in [0.15, 0.2) is 0 Å². The topological polar surface area (TPSA) is 49.4 Å². The molecule has 1 heterocycles. The zero-order valence-corrected chi connectivity index (χ0v) is 11.6. The molecule has 0 atom stereocenters. The van der Waals surface area contributed by atoms with Gasteiger partial charge >= 0.3 is 6.03 Å². The summed E-state index contributed by atoms with van der Waals surface area (Å²) in [6.45, 7) is 0. The van der Waals surface area contributed by atoms with E-state index >= 15 is 0 Å². The van der Waals surface area contributed by atoms with E-state index in [4.69, 9.17) is 0 Å². The van der Waals surface area contributed by atoms with Crippen molar-refractivity contribution < 1.29 is 14.0 Å². The minimum atomic E-state index is -0.347. The van der Waals surface area contributed by atoms with Crippen molar-refractivity contribution in [3.63, 3.8) is 0 Å². The zero-order valence-electron chi connectivity index (χ0n) is 11.6. The van der Waals surface area contributed by atoms with E-state index in [0.29, 0.717) is 5.56 Å². The van der Waals surface area contributed by atoms with Crippen LogP contribution in [0.4, 0.5) is 9.18 Å². The summed E-state index contributed by atoms with van der Waals surface area (Å²) < 4.78 is 12.9. The summed E-state index contributed by atoms with van der Waals surface area (Å²) in [6.07, 6.45) is 6.62. The Morgan fingerprint density at radius 3 is 2.43 bits per heavy atom. The average Bonchev–Trinajstić information content (AvgIpc) is 2.77. The summed E-state index contributed by atoms with van der Waals surface area (Å²) in [5.41, 5.74) is 0.947. The fraction of sp³-hybridized carbons (Fsp3) is 0.375. The van der Waals surface area contributed by atoms with Crippen molar-refractivity contribution in [1.29, 1.82) is 0 Å². The highest BCUT2D eigenvalue weighted by atomic mass is 19.1. The molecule has 1 N–H and O–H groups in total. The van der Waals surface area contributed by atoms with E-state index in [1.165, 1.54) is 23.5 Å². The van der Waals surface area contributed by atoms with Crippen LogP contribution in [0.15, 0.2) is 30.0 Å². The molecule has 1 saturated heterocycles. The zero-order chi connectivity index (χ0) is 14.8. The number of nitrogens with zero attached hydrogens (tertiary/aromatic N) is 1. The van der Waals surface area contributed by atoms with E-state index in [1.54, 1.807) is 18.2 Å². The van der Waals surface area contributed by atoms with Crippen LogP contribution >= 0.6 is 0 Å². The molecule has 21 heavy (non-hydrogen) atoms. The molecule has 3 amide bonds. The molecule has 0 unspecified atom stereocenters. The third-order valence-electron chi connectivity index (χ3n) is 4.03. The average molecular weight is 288 g/mol. The fourth-order valence-electron chi connectivity index (χ4n) is 2.95. The number of hydrogen-bond donors (Lipinski definition) is 1. The van der Waals surface area contributed by atoms with Crippen molar-refractivity contribution in [3.8, 4) is 0 Å². The molecule has 2 aliphatic rings. The molecule has 1 aliphatic heterocycles. The molecule has 1 aliphatic carbocycles. The van der Waals surface area contributed by atoms with Crippen LogP contribution in [0.2, 0.25) is 0 Å². The summed E-state index contributed by atoms with van der Waals surface area (Å²) >= 11 is 0. The van der Waals surface area contributed by atoms with Gasteiger partial charge in [0.05, 0.1) is 0 Å². The highest BCUT2D eigenvalue weighted by Crippen LogP contribution is 2.26. The first-order valence-corrected chi connectivity index (χ1v) is 7.27. The third kappa shape index (κ3) is 2.82. The van der Waals surface area contributed by atoms with E-state index in [9.17, 15) is 14.0 Å². The van der Waals surface area contributed by atoms with E-state index in [1.807, 2.05) is 0 Å². The molecular weight excluding hydrogens is 271 g/mol. The van der Waals surface area contributed by atoms with Gasteiger partial charge in [0.2, 0.25) is 0 Å². The maximum Gasteiger partial charge on any atom is 0.329 e. The van der Waals surface area contributed by atoms with Crippen LogP contribution in [0.5, 0.6) is 0 Å². The number of hydrogen-bond acceptors (Lipinski definition) is 2. The van der Waals surface area contributed by atoms with Gasteiger partial charge in [0.1, 0.15) is 11.5 Å². The van der Waals surface area contributed by atoms with Crippen molar-refractivity contribution in [1.82, 2.24) is 10.2 Å². The highest BCUT2D eigenvalue weighted by Gasteiger charge is 2.38. The SMILES string of the molecule is O=C1N/C(=C\c2ccc(F)cc2)C(=O)N1C1CCCCC1. The summed E-state index contributed by atoms with van der Waals surface area (Å²) in [6, 6.07) is 5.46. The fourth-order valence-corrected chi connectivity index (χ4v) is 2.95. The van der Waals surface area contributed by atoms with Gasteiger partial charge < -0.3 is 5.32 Å². The molecule has 5 heteroatoms. The number of rotatable bonds is 2. The van der Waals surface area contributed by atoms with Gasteiger partial charge in [-0.1, -0.05) is 31.4 Å². The number of urea groups is 1. The molecule has 0 spiro atoms. The largest absolute Gasteiger partial charge is 0.329 e. The molecule has 4 nitrogen and oxygen atoms in total. The predicted molar refractivity (Wildman–Crippen MR) is 76.6 cm³/mol. The number of imide groups is 1. The monoisotopic (exact) mass is 288 g/mol. The van der Waals surface area contributed by atoms with Gasteiger partial charge in [-0.2, -0.15) is 0 Å². The number of benzene rings is 1. The van der Waals surface area contributed by atoms with Crippen LogP contribution in [0, 0.1) is 5.82 Å². The first kappa shape index (κ1) is 13.8. The van der Waals surface area contributed by atoms with Crippen LogP contribution in [0.3, 0.4) is 0 Å². The van der Waals surface area contributed by atoms with Gasteiger partial charge in [-0.3, -0.25) is 9.69 Å². The molecule has 2 fully saturated rings. The lowest BCUT2D eigenvalue weighted by Crippen LogP contribution is -2.41. The Kier molecular flexibility index (Phi) is 3.73. The van der Waals surface area contributed by atoms with E-state index in [-0.39, 0.29) is 29.5 Å². The number of nitrogens with one attached hydrogen (secondary N) is 1. The minimum absolute atomic E-state index is 0.00497. The van der Waals surface area contributed by atoms with Crippen LogP contribution < -0.4 is 5.32 Å². The second-order valence-corrected chi connectivity index (χ2v) is 5.51. The number of carbonyl (C=O) groups excluding carboxylic acids is 2. The van der Waals surface area contributed by atoms with Crippen LogP contribution in [0.25, 0.3) is 6.08 Å². The first-order chi connectivity index (χ1) is 10.1. The molecule has 1 saturated carbocycles. The van der Waals surface area contributed by atoms with Crippen molar-refractivity contribution in [3.05, 3.63) is 41.3 Å². The second-order valence-electron chi connectivity index (χ2n) is 5.51. The first-order valence-electron chi connectivity index (χ1n) is 7.27. The predicted octanol–water partition coefficient (Wildman–Crippen LogP) is 3.05. The van der Waals surface area contributed by atoms with Crippen LogP contribution in [-0.2, 0) is 4.79 Å². The number of halogens is 1. The minimum Gasteiger partial charge on any atom is -0.303 e. The van der Waals surface area contributed by atoms with Gasteiger partial charge in [-0.25, -0.2) is 9.18 Å². The Morgan fingerprint density at radius 2 is 1.76 bits per heavy atom. The third-order valence-corrected chi connectivity index (χ3v) is 4.03. The number of amides is 3. The van der Waals surface area contributed by atoms with Gasteiger partial charge in [0.25, 0.3) is 5.91 Å². The second kappa shape index (κ2) is 5.68. The molecule has 0 bridgehead atoms. The lowest BCUT2D eigenvalue weighted by molar-refractivity contribution is -0.124. The van der Waals surface area contributed by atoms with Gasteiger partial charge in [-0.15, -0.1) is 0 Å². The molecule has 0 aromatic heterocycles. The summed E-state index contributed by atoms with van der Waals surface area (Å²) in [5, 5.41) is 2.62. The summed E-state index contributed by atoms with van der Waals surface area (Å²) in [5.74, 6) is -0.612. The van der Waals surface area contributed by atoms with E-state index in [0.717, 1.165) is 25.7 Å². The lowest BCUT2D eigenvalue weighted by Gasteiger charge is -2.28. The van der Waals surface area contributed by atoms with Crippen LogP contribution in [0.1, 0.15) is 37.7 Å².